The topological polar surface area (TPSA) is 34.1 Å². The Bertz CT molecular complexity index is 186. The summed E-state index contributed by atoms with van der Waals surface area (Å²) in [5, 5.41) is 0. The highest BCUT2D eigenvalue weighted by Crippen LogP contribution is 1.99. The van der Waals surface area contributed by atoms with Gasteiger partial charge in [-0.1, -0.05) is 6.08 Å². The maximum Gasteiger partial charge on any atom is 0.171 e. The molecule has 0 bridgehead atoms. The van der Waals surface area contributed by atoms with Crippen LogP contribution in [0.5, 0.6) is 0 Å². The fourth-order valence-corrected chi connectivity index (χ4v) is 0.642. The number of rotatable bonds is 1. The average molecular weight is 134 g/mol. The lowest BCUT2D eigenvalue weighted by molar-refractivity contribution is 0.607. The second kappa shape index (κ2) is 2.31. The second-order valence-electron chi connectivity index (χ2n) is 1.67. The number of sulfone groups is 1. The molecule has 0 atom stereocenters. The molecule has 0 fully saturated rings. The molecule has 0 aliphatic carbocycles. The van der Waals surface area contributed by atoms with Gasteiger partial charge in [0.05, 0.1) is 0 Å². The summed E-state index contributed by atoms with van der Waals surface area (Å²) in [6.07, 6.45) is 2.78. The van der Waals surface area contributed by atoms with Crippen molar-refractivity contribution in [1.82, 2.24) is 0 Å². The lowest BCUT2D eigenvalue weighted by atomic mass is 10.6. The largest absolute Gasteiger partial charge is 0.224 e. The molecule has 0 aliphatic heterocycles. The van der Waals surface area contributed by atoms with Crippen molar-refractivity contribution in [2.75, 3.05) is 6.26 Å². The maximum absolute atomic E-state index is 10.5. The monoisotopic (exact) mass is 134 g/mol. The van der Waals surface area contributed by atoms with Gasteiger partial charge in [0.2, 0.25) is 0 Å². The predicted molar refractivity (Wildman–Crippen MR) is 34.3 cm³/mol. The molecule has 0 N–H and O–H groups in total. The maximum atomic E-state index is 10.5. The molecule has 0 unspecified atom stereocenters. The van der Waals surface area contributed by atoms with Crippen molar-refractivity contribution in [2.24, 2.45) is 0 Å². The Hall–Kier alpha value is -0.310. The van der Waals surface area contributed by atoms with Crippen molar-refractivity contribution in [2.45, 2.75) is 13.8 Å². The minimum Gasteiger partial charge on any atom is -0.224 e. The molecule has 0 aromatic heterocycles. The van der Waals surface area contributed by atoms with E-state index in [9.17, 15) is 8.42 Å². The minimum absolute atomic E-state index is 0.428. The van der Waals surface area contributed by atoms with E-state index in [0.29, 0.717) is 4.91 Å². The van der Waals surface area contributed by atoms with Crippen LogP contribution in [0.3, 0.4) is 0 Å². The molecule has 0 heterocycles. The SMILES string of the molecule is CC=C(C)S(C)(=O)=O. The number of hydrogen-bond acceptors (Lipinski definition) is 2. The van der Waals surface area contributed by atoms with E-state index in [2.05, 4.69) is 0 Å². The van der Waals surface area contributed by atoms with E-state index in [1.54, 1.807) is 19.9 Å². The van der Waals surface area contributed by atoms with E-state index < -0.39 is 9.84 Å². The van der Waals surface area contributed by atoms with Crippen molar-refractivity contribution in [3.05, 3.63) is 11.0 Å². The Kier molecular flexibility index (Phi) is 2.22. The first-order valence-electron chi connectivity index (χ1n) is 2.31. The lowest BCUT2D eigenvalue weighted by Gasteiger charge is -1.91. The predicted octanol–water partition coefficient (Wildman–Crippen LogP) is 0.955. The fraction of sp³-hybridized carbons (Fsp3) is 0.600. The van der Waals surface area contributed by atoms with E-state index >= 15 is 0 Å². The van der Waals surface area contributed by atoms with E-state index in [4.69, 9.17) is 0 Å². The second-order valence-corrected chi connectivity index (χ2v) is 3.86. The normalized spacial score (nSPS) is 14.1. The molecule has 0 aliphatic rings. The molecule has 0 amide bonds. The summed E-state index contributed by atoms with van der Waals surface area (Å²) in [6.45, 7) is 3.28. The number of hydrogen-bond donors (Lipinski definition) is 0. The summed E-state index contributed by atoms with van der Waals surface area (Å²) in [5.41, 5.74) is 0. The van der Waals surface area contributed by atoms with Gasteiger partial charge in [-0.05, 0) is 13.8 Å². The quantitative estimate of drug-likeness (QED) is 0.535. The van der Waals surface area contributed by atoms with Crippen LogP contribution in [-0.4, -0.2) is 14.7 Å². The Balaban J connectivity index is 4.55. The van der Waals surface area contributed by atoms with Crippen LogP contribution >= 0.6 is 0 Å². The average Bonchev–Trinajstić information content (AvgIpc) is 1.62. The van der Waals surface area contributed by atoms with Crippen LogP contribution in [0.15, 0.2) is 11.0 Å². The van der Waals surface area contributed by atoms with Crippen LogP contribution < -0.4 is 0 Å². The zero-order valence-corrected chi connectivity index (χ0v) is 6.12. The summed E-state index contributed by atoms with van der Waals surface area (Å²) < 4.78 is 21.0. The summed E-state index contributed by atoms with van der Waals surface area (Å²) in [5.74, 6) is 0. The summed E-state index contributed by atoms with van der Waals surface area (Å²) in [6, 6.07) is 0. The molecule has 2 nitrogen and oxygen atoms in total. The summed E-state index contributed by atoms with van der Waals surface area (Å²) in [4.78, 5) is 0.428. The molecular weight excluding hydrogens is 124 g/mol. The van der Waals surface area contributed by atoms with Crippen LogP contribution in [0.4, 0.5) is 0 Å². The van der Waals surface area contributed by atoms with Crippen LogP contribution in [0.25, 0.3) is 0 Å². The molecule has 0 aromatic rings. The first-order chi connectivity index (χ1) is 3.48. The van der Waals surface area contributed by atoms with Crippen molar-refractivity contribution < 1.29 is 8.42 Å². The van der Waals surface area contributed by atoms with Crippen molar-refractivity contribution in [1.29, 1.82) is 0 Å². The van der Waals surface area contributed by atoms with Crippen LogP contribution in [0.1, 0.15) is 13.8 Å². The van der Waals surface area contributed by atoms with Gasteiger partial charge in [0.15, 0.2) is 9.84 Å². The van der Waals surface area contributed by atoms with Gasteiger partial charge in [0.25, 0.3) is 0 Å². The molecule has 0 aromatic carbocycles. The van der Waals surface area contributed by atoms with Crippen molar-refractivity contribution >= 4 is 9.84 Å². The van der Waals surface area contributed by atoms with Gasteiger partial charge in [-0.25, -0.2) is 8.42 Å². The Morgan fingerprint density at radius 2 is 1.88 bits per heavy atom. The third kappa shape index (κ3) is 2.12. The lowest BCUT2D eigenvalue weighted by Crippen LogP contribution is -1.95. The third-order valence-corrected chi connectivity index (χ3v) is 2.40. The van der Waals surface area contributed by atoms with Crippen LogP contribution in [0.2, 0.25) is 0 Å². The van der Waals surface area contributed by atoms with Crippen molar-refractivity contribution in [3.63, 3.8) is 0 Å². The molecule has 0 spiro atoms. The van der Waals surface area contributed by atoms with E-state index in [0.717, 1.165) is 0 Å². The van der Waals surface area contributed by atoms with Gasteiger partial charge >= 0.3 is 0 Å². The smallest absolute Gasteiger partial charge is 0.171 e. The number of allylic oxidation sites excluding steroid dienone is 2. The zero-order chi connectivity index (χ0) is 6.78. The highest BCUT2D eigenvalue weighted by atomic mass is 32.2. The fourth-order valence-electron chi connectivity index (χ4n) is 0.214. The van der Waals surface area contributed by atoms with Gasteiger partial charge in [0.1, 0.15) is 0 Å². The van der Waals surface area contributed by atoms with Gasteiger partial charge in [-0.2, -0.15) is 0 Å². The van der Waals surface area contributed by atoms with E-state index in [1.807, 2.05) is 0 Å². The molecule has 48 valence electrons. The Labute approximate surface area is 50.1 Å². The van der Waals surface area contributed by atoms with Gasteiger partial charge in [-0.3, -0.25) is 0 Å². The molecule has 0 radical (unpaired) electrons. The van der Waals surface area contributed by atoms with E-state index in [-0.39, 0.29) is 0 Å². The van der Waals surface area contributed by atoms with Gasteiger partial charge < -0.3 is 0 Å². The Morgan fingerprint density at radius 3 is 1.88 bits per heavy atom. The zero-order valence-electron chi connectivity index (χ0n) is 5.30. The molecular formula is C5H10O2S. The Morgan fingerprint density at radius 1 is 1.50 bits per heavy atom. The summed E-state index contributed by atoms with van der Waals surface area (Å²) in [7, 11) is -2.89. The molecule has 0 saturated heterocycles. The van der Waals surface area contributed by atoms with Gasteiger partial charge in [-0.15, -0.1) is 0 Å². The van der Waals surface area contributed by atoms with Crippen molar-refractivity contribution in [3.8, 4) is 0 Å². The highest BCUT2D eigenvalue weighted by Gasteiger charge is 2.00. The standard InChI is InChI=1S/C5H10O2S/c1-4-5(2)8(3,6)7/h4H,1-3H3. The molecule has 8 heavy (non-hydrogen) atoms. The third-order valence-electron chi connectivity index (χ3n) is 0.991. The summed E-state index contributed by atoms with van der Waals surface area (Å²) >= 11 is 0. The molecule has 0 saturated carbocycles. The van der Waals surface area contributed by atoms with E-state index in [1.165, 1.54) is 6.26 Å². The highest BCUT2D eigenvalue weighted by molar-refractivity contribution is 7.94. The van der Waals surface area contributed by atoms with Crippen LogP contribution in [-0.2, 0) is 9.84 Å². The van der Waals surface area contributed by atoms with Crippen LogP contribution in [0, 0.1) is 0 Å². The molecule has 3 heteroatoms. The first kappa shape index (κ1) is 7.69. The first-order valence-corrected chi connectivity index (χ1v) is 4.20. The van der Waals surface area contributed by atoms with Gasteiger partial charge in [0, 0.05) is 11.2 Å². The minimum atomic E-state index is -2.89. The molecule has 0 rings (SSSR count).